The highest BCUT2D eigenvalue weighted by molar-refractivity contribution is 7.98. The van der Waals surface area contributed by atoms with Crippen LogP contribution in [0, 0.1) is 0 Å². The van der Waals surface area contributed by atoms with Crippen molar-refractivity contribution in [3.8, 4) is 0 Å². The molecule has 4 atom stereocenters. The van der Waals surface area contributed by atoms with Crippen LogP contribution in [0.1, 0.15) is 44.9 Å². The van der Waals surface area contributed by atoms with Gasteiger partial charge in [0.05, 0.1) is 6.04 Å². The van der Waals surface area contributed by atoms with Gasteiger partial charge in [0, 0.05) is 19.5 Å². The lowest BCUT2D eigenvalue weighted by atomic mass is 10.1. The lowest BCUT2D eigenvalue weighted by molar-refractivity contribution is -0.152. The first-order chi connectivity index (χ1) is 15.2. The van der Waals surface area contributed by atoms with E-state index in [0.717, 1.165) is 0 Å². The molecule has 0 aromatic carbocycles. The number of likely N-dealkylation sites (tertiary alicyclic amines) is 2. The Morgan fingerprint density at radius 2 is 1.69 bits per heavy atom. The molecule has 2 fully saturated rings. The zero-order valence-corrected chi connectivity index (χ0v) is 19.1. The van der Waals surface area contributed by atoms with E-state index in [1.165, 1.54) is 9.80 Å². The maximum atomic E-state index is 13.3. The minimum Gasteiger partial charge on any atom is -0.480 e. The third-order valence-corrected chi connectivity index (χ3v) is 6.55. The maximum Gasteiger partial charge on any atom is 0.326 e. The van der Waals surface area contributed by atoms with E-state index in [-0.39, 0.29) is 12.8 Å². The second-order valence-electron chi connectivity index (χ2n) is 8.17. The number of carboxylic acid groups (broad SMARTS) is 1. The Morgan fingerprint density at radius 3 is 2.28 bits per heavy atom. The van der Waals surface area contributed by atoms with E-state index in [0.29, 0.717) is 50.9 Å². The van der Waals surface area contributed by atoms with E-state index in [9.17, 15) is 29.1 Å². The fourth-order valence-corrected chi connectivity index (χ4v) is 4.65. The summed E-state index contributed by atoms with van der Waals surface area (Å²) in [5, 5.41) is 12.0. The molecule has 0 bridgehead atoms. The summed E-state index contributed by atoms with van der Waals surface area (Å²) in [6, 6.07) is -3.53. The maximum absolute atomic E-state index is 13.3. The second-order valence-corrected chi connectivity index (χ2v) is 9.16. The van der Waals surface area contributed by atoms with E-state index in [1.54, 1.807) is 11.8 Å². The van der Waals surface area contributed by atoms with Crippen molar-refractivity contribution < 1.29 is 29.1 Å². The molecule has 6 N–H and O–H groups in total. The van der Waals surface area contributed by atoms with Crippen LogP contribution in [0.2, 0.25) is 0 Å². The van der Waals surface area contributed by atoms with E-state index < -0.39 is 53.8 Å². The standard InChI is InChI=1S/C20H33N5O6S/c1-32-11-8-12(21)17(27)23-13(6-7-16(22)26)18(28)24-9-2-4-14(24)19(29)25-10-3-5-15(25)20(30)31/h12-15H,2-11,21H2,1H3,(H2,22,26)(H,23,27)(H,30,31). The van der Waals surface area contributed by atoms with Crippen molar-refractivity contribution in [3.05, 3.63) is 0 Å². The van der Waals surface area contributed by atoms with Gasteiger partial charge >= 0.3 is 5.97 Å². The molecular weight excluding hydrogens is 438 g/mol. The van der Waals surface area contributed by atoms with Crippen molar-refractivity contribution in [2.75, 3.05) is 25.1 Å². The molecule has 0 aromatic rings. The van der Waals surface area contributed by atoms with Gasteiger partial charge in [0.25, 0.3) is 0 Å². The van der Waals surface area contributed by atoms with Gasteiger partial charge in [0.2, 0.25) is 23.6 Å². The second kappa shape index (κ2) is 12.0. The zero-order chi connectivity index (χ0) is 23.8. The SMILES string of the molecule is CSCCC(N)C(=O)NC(CCC(N)=O)C(=O)N1CCCC1C(=O)N1CCCC1C(=O)O. The number of aliphatic carboxylic acids is 1. The number of nitrogens with two attached hydrogens (primary N) is 2. The Morgan fingerprint density at radius 1 is 1.06 bits per heavy atom. The number of thioether (sulfide) groups is 1. The number of carboxylic acids is 1. The van der Waals surface area contributed by atoms with Crippen molar-refractivity contribution in [2.24, 2.45) is 11.5 Å². The molecule has 4 unspecified atom stereocenters. The molecule has 180 valence electrons. The lowest BCUT2D eigenvalue weighted by Crippen LogP contribution is -2.57. The highest BCUT2D eigenvalue weighted by atomic mass is 32.2. The Bertz CT molecular complexity index is 735. The summed E-state index contributed by atoms with van der Waals surface area (Å²) in [4.78, 5) is 64.4. The highest BCUT2D eigenvalue weighted by Crippen LogP contribution is 2.26. The lowest BCUT2D eigenvalue weighted by Gasteiger charge is -2.32. The van der Waals surface area contributed by atoms with Gasteiger partial charge in [0.1, 0.15) is 18.1 Å². The third-order valence-electron chi connectivity index (χ3n) is 5.91. The van der Waals surface area contributed by atoms with Crippen molar-refractivity contribution >= 4 is 41.4 Å². The summed E-state index contributed by atoms with van der Waals surface area (Å²) >= 11 is 1.54. The number of nitrogens with one attached hydrogen (secondary N) is 1. The quantitative estimate of drug-likeness (QED) is 0.293. The summed E-state index contributed by atoms with van der Waals surface area (Å²) in [6.07, 6.45) is 4.17. The number of carbonyl (C=O) groups excluding carboxylic acids is 4. The minimum atomic E-state index is -1.06. The van der Waals surface area contributed by atoms with Crippen molar-refractivity contribution in [1.29, 1.82) is 0 Å². The number of amides is 4. The van der Waals surface area contributed by atoms with Gasteiger partial charge in [0.15, 0.2) is 0 Å². The predicted molar refractivity (Wildman–Crippen MR) is 118 cm³/mol. The molecule has 4 amide bonds. The summed E-state index contributed by atoms with van der Waals surface area (Å²) in [5.41, 5.74) is 11.1. The largest absolute Gasteiger partial charge is 0.480 e. The van der Waals surface area contributed by atoms with Crippen LogP contribution >= 0.6 is 11.8 Å². The number of hydrogen-bond acceptors (Lipinski definition) is 7. The molecule has 0 saturated carbocycles. The highest BCUT2D eigenvalue weighted by Gasteiger charge is 2.43. The topological polar surface area (TPSA) is 176 Å². The van der Waals surface area contributed by atoms with Gasteiger partial charge in [-0.05, 0) is 50.5 Å². The molecule has 11 nitrogen and oxygen atoms in total. The van der Waals surface area contributed by atoms with Crippen LogP contribution in [0.5, 0.6) is 0 Å². The van der Waals surface area contributed by atoms with Gasteiger partial charge in [-0.1, -0.05) is 0 Å². The first-order valence-corrected chi connectivity index (χ1v) is 12.2. The molecule has 12 heteroatoms. The monoisotopic (exact) mass is 471 g/mol. The van der Waals surface area contributed by atoms with Crippen molar-refractivity contribution in [1.82, 2.24) is 15.1 Å². The molecule has 2 aliphatic rings. The van der Waals surface area contributed by atoms with Gasteiger partial charge in [-0.2, -0.15) is 11.8 Å². The van der Waals surface area contributed by atoms with Gasteiger partial charge < -0.3 is 31.7 Å². The molecule has 32 heavy (non-hydrogen) atoms. The zero-order valence-electron chi connectivity index (χ0n) is 18.3. The smallest absolute Gasteiger partial charge is 0.326 e. The average Bonchev–Trinajstić information content (AvgIpc) is 3.43. The van der Waals surface area contributed by atoms with Crippen LogP contribution in [0.15, 0.2) is 0 Å². The molecule has 2 rings (SSSR count). The molecule has 0 aliphatic carbocycles. The molecule has 0 spiro atoms. The molecule has 2 saturated heterocycles. The van der Waals surface area contributed by atoms with Crippen LogP contribution in [0.25, 0.3) is 0 Å². The fourth-order valence-electron chi connectivity index (χ4n) is 4.16. The molecule has 2 heterocycles. The summed E-state index contributed by atoms with van der Waals surface area (Å²) in [7, 11) is 0. The normalized spacial score (nSPS) is 22.4. The molecule has 0 aromatic heterocycles. The summed E-state index contributed by atoms with van der Waals surface area (Å²) < 4.78 is 0. The first kappa shape index (κ1) is 25.9. The Balaban J connectivity index is 2.13. The van der Waals surface area contributed by atoms with Crippen molar-refractivity contribution in [2.45, 2.75) is 69.1 Å². The summed E-state index contributed by atoms with van der Waals surface area (Å²) in [6.45, 7) is 0.642. The number of carbonyl (C=O) groups is 5. The Hall–Kier alpha value is -2.34. The first-order valence-electron chi connectivity index (χ1n) is 10.8. The van der Waals surface area contributed by atoms with Gasteiger partial charge in [-0.25, -0.2) is 4.79 Å². The van der Waals surface area contributed by atoms with Gasteiger partial charge in [-0.3, -0.25) is 19.2 Å². The fraction of sp³-hybridized carbons (Fsp3) is 0.750. The molecule has 0 radical (unpaired) electrons. The van der Waals surface area contributed by atoms with E-state index >= 15 is 0 Å². The average molecular weight is 472 g/mol. The third kappa shape index (κ3) is 6.58. The minimum absolute atomic E-state index is 0.00592. The number of primary amides is 1. The van der Waals surface area contributed by atoms with Crippen LogP contribution < -0.4 is 16.8 Å². The Kier molecular flexibility index (Phi) is 9.76. The van der Waals surface area contributed by atoms with Crippen LogP contribution in [0.3, 0.4) is 0 Å². The molecular formula is C20H33N5O6S. The van der Waals surface area contributed by atoms with E-state index in [2.05, 4.69) is 5.32 Å². The van der Waals surface area contributed by atoms with Crippen molar-refractivity contribution in [3.63, 3.8) is 0 Å². The number of nitrogens with zero attached hydrogens (tertiary/aromatic N) is 2. The number of hydrogen-bond donors (Lipinski definition) is 4. The molecule has 2 aliphatic heterocycles. The van der Waals surface area contributed by atoms with Gasteiger partial charge in [-0.15, -0.1) is 0 Å². The Labute approximate surface area is 191 Å². The summed E-state index contributed by atoms with van der Waals surface area (Å²) in [5.74, 6) is -2.38. The number of rotatable bonds is 11. The predicted octanol–water partition coefficient (Wildman–Crippen LogP) is -1.12. The van der Waals surface area contributed by atoms with Crippen LogP contribution in [0.4, 0.5) is 0 Å². The van der Waals surface area contributed by atoms with Crippen LogP contribution in [-0.4, -0.2) is 93.8 Å². The van der Waals surface area contributed by atoms with E-state index in [4.69, 9.17) is 11.5 Å². The van der Waals surface area contributed by atoms with E-state index in [1.807, 2.05) is 6.26 Å². The van der Waals surface area contributed by atoms with Crippen LogP contribution in [-0.2, 0) is 24.0 Å².